The molecular formula is C12H10F3N3O3. The third-order valence-corrected chi connectivity index (χ3v) is 2.19. The van der Waals surface area contributed by atoms with Crippen molar-refractivity contribution in [2.45, 2.75) is 19.5 Å². The van der Waals surface area contributed by atoms with E-state index in [1.165, 1.54) is 6.07 Å². The minimum absolute atomic E-state index is 0.0861. The molecule has 0 aliphatic heterocycles. The van der Waals surface area contributed by atoms with Gasteiger partial charge < -0.3 is 10.1 Å². The molecule has 1 heterocycles. The lowest BCUT2D eigenvalue weighted by Gasteiger charge is -2.10. The maximum absolute atomic E-state index is 12.7. The van der Waals surface area contributed by atoms with E-state index in [9.17, 15) is 22.8 Å². The number of halogens is 3. The molecule has 0 spiro atoms. The van der Waals surface area contributed by atoms with Crippen molar-refractivity contribution in [3.63, 3.8) is 0 Å². The summed E-state index contributed by atoms with van der Waals surface area (Å²) in [6.45, 7) is 1.64. The highest BCUT2D eigenvalue weighted by atomic mass is 19.4. The lowest BCUT2D eigenvalue weighted by molar-refractivity contribution is -0.145. The third kappa shape index (κ3) is 4.76. The van der Waals surface area contributed by atoms with Crippen molar-refractivity contribution in [1.29, 1.82) is 5.26 Å². The molecule has 1 amide bonds. The Balaban J connectivity index is 2.89. The van der Waals surface area contributed by atoms with Gasteiger partial charge in [0.05, 0.1) is 24.1 Å². The van der Waals surface area contributed by atoms with Crippen LogP contribution >= 0.6 is 0 Å². The molecule has 0 fully saturated rings. The van der Waals surface area contributed by atoms with Crippen LogP contribution in [0.15, 0.2) is 12.3 Å². The van der Waals surface area contributed by atoms with Crippen LogP contribution in [0, 0.1) is 11.3 Å². The fraction of sp³-hybridized carbons (Fsp3) is 0.333. The van der Waals surface area contributed by atoms with E-state index in [1.54, 1.807) is 6.92 Å². The summed E-state index contributed by atoms with van der Waals surface area (Å²) >= 11 is 0. The van der Waals surface area contributed by atoms with Crippen molar-refractivity contribution in [3.05, 3.63) is 23.5 Å². The number of nitriles is 1. The highest BCUT2D eigenvalue weighted by Crippen LogP contribution is 2.32. The second-order valence-corrected chi connectivity index (χ2v) is 3.76. The Hall–Kier alpha value is -2.63. The van der Waals surface area contributed by atoms with E-state index in [0.29, 0.717) is 6.07 Å². The fourth-order valence-electron chi connectivity index (χ4n) is 1.39. The Kier molecular flexibility index (Phi) is 5.24. The first kappa shape index (κ1) is 16.4. The predicted octanol–water partition coefficient (Wildman–Crippen LogP) is 1.86. The van der Waals surface area contributed by atoms with E-state index in [-0.39, 0.29) is 12.3 Å². The Morgan fingerprint density at radius 3 is 2.67 bits per heavy atom. The molecule has 9 heteroatoms. The lowest BCUT2D eigenvalue weighted by atomic mass is 10.2. The monoisotopic (exact) mass is 301 g/mol. The van der Waals surface area contributed by atoms with Gasteiger partial charge in [-0.2, -0.15) is 18.4 Å². The van der Waals surface area contributed by atoms with Gasteiger partial charge in [0.1, 0.15) is 12.5 Å². The molecule has 1 aromatic heterocycles. The van der Waals surface area contributed by atoms with E-state index in [1.807, 2.05) is 0 Å². The SMILES string of the molecule is CCOC(=O)CC(=O)Nc1cnc(C#N)c(C(F)(F)F)c1. The van der Waals surface area contributed by atoms with Crippen molar-refractivity contribution >= 4 is 17.6 Å². The number of pyridine rings is 1. The molecule has 6 nitrogen and oxygen atoms in total. The van der Waals surface area contributed by atoms with Gasteiger partial charge in [0.15, 0.2) is 5.69 Å². The van der Waals surface area contributed by atoms with Gasteiger partial charge in [0.25, 0.3) is 0 Å². The summed E-state index contributed by atoms with van der Waals surface area (Å²) in [5, 5.41) is 10.7. The standard InChI is InChI=1S/C12H10F3N3O3/c1-2-21-11(20)4-10(19)18-7-3-8(12(13,14)15)9(5-16)17-6-7/h3,6H,2,4H2,1H3,(H,18,19). The molecule has 0 saturated carbocycles. The summed E-state index contributed by atoms with van der Waals surface area (Å²) < 4.78 is 42.6. The van der Waals surface area contributed by atoms with Crippen LogP contribution in [0.4, 0.5) is 18.9 Å². The number of aromatic nitrogens is 1. The number of nitrogens with one attached hydrogen (secondary N) is 1. The number of nitrogens with zero attached hydrogens (tertiary/aromatic N) is 2. The number of amides is 1. The molecule has 0 unspecified atom stereocenters. The summed E-state index contributed by atoms with van der Waals surface area (Å²) in [5.74, 6) is -1.64. The summed E-state index contributed by atoms with van der Waals surface area (Å²) in [7, 11) is 0. The van der Waals surface area contributed by atoms with Gasteiger partial charge in [-0.15, -0.1) is 0 Å². The quantitative estimate of drug-likeness (QED) is 0.677. The van der Waals surface area contributed by atoms with Crippen LogP contribution in [-0.2, 0) is 20.5 Å². The van der Waals surface area contributed by atoms with Gasteiger partial charge in [-0.1, -0.05) is 0 Å². The van der Waals surface area contributed by atoms with Gasteiger partial charge in [0, 0.05) is 0 Å². The molecule has 0 radical (unpaired) electrons. The molecule has 1 N–H and O–H groups in total. The van der Waals surface area contributed by atoms with Crippen molar-refractivity contribution in [2.24, 2.45) is 0 Å². The van der Waals surface area contributed by atoms with Gasteiger partial charge in [0.2, 0.25) is 5.91 Å². The minimum atomic E-state index is -4.78. The lowest BCUT2D eigenvalue weighted by Crippen LogP contribution is -2.19. The number of hydrogen-bond donors (Lipinski definition) is 1. The van der Waals surface area contributed by atoms with Gasteiger partial charge in [-0.3, -0.25) is 9.59 Å². The zero-order chi connectivity index (χ0) is 16.0. The van der Waals surface area contributed by atoms with Crippen LogP contribution < -0.4 is 5.32 Å². The molecule has 1 rings (SSSR count). The van der Waals surface area contributed by atoms with E-state index in [2.05, 4.69) is 15.0 Å². The van der Waals surface area contributed by atoms with Crippen molar-refractivity contribution in [2.75, 3.05) is 11.9 Å². The molecule has 21 heavy (non-hydrogen) atoms. The number of anilines is 1. The molecular weight excluding hydrogens is 291 g/mol. The molecule has 0 bridgehead atoms. The van der Waals surface area contributed by atoms with Gasteiger partial charge in [-0.05, 0) is 13.0 Å². The largest absolute Gasteiger partial charge is 0.466 e. The number of rotatable bonds is 4. The molecule has 0 aliphatic rings. The Bertz CT molecular complexity index is 594. The molecule has 0 saturated heterocycles. The number of ether oxygens (including phenoxy) is 1. The summed E-state index contributed by atoms with van der Waals surface area (Å²) in [6, 6.07) is 1.89. The average molecular weight is 301 g/mol. The Labute approximate surface area is 117 Å². The maximum atomic E-state index is 12.7. The van der Waals surface area contributed by atoms with E-state index >= 15 is 0 Å². The highest BCUT2D eigenvalue weighted by molar-refractivity contribution is 6.01. The van der Waals surface area contributed by atoms with Crippen LogP contribution in [0.3, 0.4) is 0 Å². The van der Waals surface area contributed by atoms with Crippen LogP contribution in [0.25, 0.3) is 0 Å². The normalized spacial score (nSPS) is 10.6. The first-order valence-corrected chi connectivity index (χ1v) is 5.70. The number of esters is 1. The first-order chi connectivity index (χ1) is 9.77. The highest BCUT2D eigenvalue weighted by Gasteiger charge is 2.34. The second kappa shape index (κ2) is 6.69. The third-order valence-electron chi connectivity index (χ3n) is 2.19. The van der Waals surface area contributed by atoms with Gasteiger partial charge in [-0.25, -0.2) is 4.98 Å². The molecule has 112 valence electrons. The molecule has 0 aliphatic carbocycles. The number of alkyl halides is 3. The second-order valence-electron chi connectivity index (χ2n) is 3.76. The number of hydrogen-bond acceptors (Lipinski definition) is 5. The zero-order valence-electron chi connectivity index (χ0n) is 10.8. The topological polar surface area (TPSA) is 92.1 Å². The number of carbonyl (C=O) groups excluding carboxylic acids is 2. The minimum Gasteiger partial charge on any atom is -0.466 e. The van der Waals surface area contributed by atoms with E-state index < -0.39 is 35.7 Å². The van der Waals surface area contributed by atoms with Crippen molar-refractivity contribution in [3.8, 4) is 6.07 Å². The van der Waals surface area contributed by atoms with E-state index in [0.717, 1.165) is 6.20 Å². The molecule has 0 atom stereocenters. The number of carbonyl (C=O) groups is 2. The van der Waals surface area contributed by atoms with Crippen molar-refractivity contribution < 1.29 is 27.5 Å². The van der Waals surface area contributed by atoms with E-state index in [4.69, 9.17) is 5.26 Å². The van der Waals surface area contributed by atoms with Crippen LogP contribution in [-0.4, -0.2) is 23.5 Å². The summed E-state index contributed by atoms with van der Waals surface area (Å²) in [5.41, 5.74) is -2.33. The average Bonchev–Trinajstić information content (AvgIpc) is 2.37. The summed E-state index contributed by atoms with van der Waals surface area (Å²) in [4.78, 5) is 25.8. The fourth-order valence-corrected chi connectivity index (χ4v) is 1.39. The summed E-state index contributed by atoms with van der Waals surface area (Å²) in [6.07, 6.45) is -4.51. The molecule has 0 aromatic carbocycles. The van der Waals surface area contributed by atoms with Crippen LogP contribution in [0.1, 0.15) is 24.6 Å². The van der Waals surface area contributed by atoms with Gasteiger partial charge >= 0.3 is 12.1 Å². The molecule has 1 aromatic rings. The zero-order valence-corrected chi connectivity index (χ0v) is 10.8. The Morgan fingerprint density at radius 1 is 1.48 bits per heavy atom. The smallest absolute Gasteiger partial charge is 0.419 e. The first-order valence-electron chi connectivity index (χ1n) is 5.70. The maximum Gasteiger partial charge on any atom is 0.419 e. The predicted molar refractivity (Wildman–Crippen MR) is 63.8 cm³/mol. The van der Waals surface area contributed by atoms with Crippen molar-refractivity contribution in [1.82, 2.24) is 4.98 Å². The van der Waals surface area contributed by atoms with Crippen LogP contribution in [0.5, 0.6) is 0 Å². The Morgan fingerprint density at radius 2 is 2.14 bits per heavy atom. The van der Waals surface area contributed by atoms with Crippen LogP contribution in [0.2, 0.25) is 0 Å².